The Kier molecular flexibility index (Phi) is 5.38. The van der Waals surface area contributed by atoms with E-state index in [0.717, 1.165) is 5.56 Å². The lowest BCUT2D eigenvalue weighted by Gasteiger charge is -2.56. The van der Waals surface area contributed by atoms with Crippen LogP contribution in [-0.4, -0.2) is 23.9 Å². The van der Waals surface area contributed by atoms with Gasteiger partial charge >= 0.3 is 0 Å². The number of amides is 1. The van der Waals surface area contributed by atoms with Crippen LogP contribution in [-0.2, 0) is 4.79 Å². The molecule has 2 heterocycles. The van der Waals surface area contributed by atoms with E-state index in [0.29, 0.717) is 33.0 Å². The summed E-state index contributed by atoms with van der Waals surface area (Å²) in [6.07, 6.45) is 0. The lowest BCUT2D eigenvalue weighted by Crippen LogP contribution is -2.72. The van der Waals surface area contributed by atoms with Crippen molar-refractivity contribution in [2.24, 2.45) is 5.92 Å². The Balaban J connectivity index is 1.63. The molecule has 168 valence electrons. The third kappa shape index (κ3) is 3.57. The number of nitrogens with one attached hydrogen (secondary N) is 2. The quantitative estimate of drug-likeness (QED) is 0.505. The highest BCUT2D eigenvalue weighted by Crippen LogP contribution is 2.50. The molecule has 2 aliphatic rings. The summed E-state index contributed by atoms with van der Waals surface area (Å²) in [4.78, 5) is 15.6. The van der Waals surface area contributed by atoms with Crippen molar-refractivity contribution in [2.75, 3.05) is 17.3 Å². The molecule has 0 saturated carbocycles. The Morgan fingerprint density at radius 1 is 1.12 bits per heavy atom. The van der Waals surface area contributed by atoms with E-state index in [1.165, 1.54) is 0 Å². The zero-order valence-corrected chi connectivity index (χ0v) is 19.6. The van der Waals surface area contributed by atoms with Crippen molar-refractivity contribution in [3.05, 3.63) is 83.4 Å². The number of rotatable bonds is 4. The van der Waals surface area contributed by atoms with Crippen molar-refractivity contribution in [3.8, 4) is 11.5 Å². The zero-order valence-electron chi connectivity index (χ0n) is 18.0. The molecular formula is C25H22ClN3O3S. The van der Waals surface area contributed by atoms with Gasteiger partial charge in [-0.25, -0.2) is 0 Å². The van der Waals surface area contributed by atoms with Crippen LogP contribution in [0.15, 0.2) is 72.8 Å². The number of para-hydroxylation sites is 3. The smallest absolute Gasteiger partial charge is 0.236 e. The summed E-state index contributed by atoms with van der Waals surface area (Å²) < 4.78 is 12.2. The second kappa shape index (κ2) is 8.24. The topological polar surface area (TPSA) is 62.8 Å². The lowest BCUT2D eigenvalue weighted by molar-refractivity contribution is -0.130. The number of hydrogen-bond acceptors (Lipinski definition) is 4. The van der Waals surface area contributed by atoms with Gasteiger partial charge in [0, 0.05) is 16.3 Å². The first-order valence-corrected chi connectivity index (χ1v) is 11.3. The number of fused-ring (bicyclic) bond motifs is 4. The first-order chi connectivity index (χ1) is 15.9. The normalized spacial score (nSPS) is 23.1. The van der Waals surface area contributed by atoms with Crippen molar-refractivity contribution in [1.29, 1.82) is 0 Å². The molecular weight excluding hydrogens is 458 g/mol. The van der Waals surface area contributed by atoms with Gasteiger partial charge in [-0.2, -0.15) is 0 Å². The summed E-state index contributed by atoms with van der Waals surface area (Å²) in [5.74, 6) is 0.491. The van der Waals surface area contributed by atoms with E-state index in [-0.39, 0.29) is 11.9 Å². The maximum atomic E-state index is 13.8. The Morgan fingerprint density at radius 2 is 1.82 bits per heavy atom. The van der Waals surface area contributed by atoms with Crippen molar-refractivity contribution >= 4 is 46.2 Å². The third-order valence-electron chi connectivity index (χ3n) is 6.13. The van der Waals surface area contributed by atoms with Crippen LogP contribution in [0.25, 0.3) is 0 Å². The molecule has 0 aliphatic carbocycles. The van der Waals surface area contributed by atoms with Gasteiger partial charge in [0.25, 0.3) is 0 Å². The Bertz CT molecular complexity index is 1240. The van der Waals surface area contributed by atoms with Gasteiger partial charge in [0.15, 0.2) is 10.8 Å². The SMILES string of the molecule is COc1ccccc1N1C(=S)N[C@@H]2c3ccccc3O[C@]1(C)[C@H]2C(=O)Nc1ccc(Cl)cc1. The van der Waals surface area contributed by atoms with E-state index >= 15 is 0 Å². The van der Waals surface area contributed by atoms with Gasteiger partial charge in [0.2, 0.25) is 5.91 Å². The number of hydrogen-bond donors (Lipinski definition) is 2. The highest BCUT2D eigenvalue weighted by molar-refractivity contribution is 7.80. The van der Waals surface area contributed by atoms with E-state index in [9.17, 15) is 4.79 Å². The second-order valence-corrected chi connectivity index (χ2v) is 8.93. The van der Waals surface area contributed by atoms with Crippen LogP contribution < -0.4 is 25.0 Å². The van der Waals surface area contributed by atoms with E-state index in [2.05, 4.69) is 10.6 Å². The number of thiocarbonyl (C=S) groups is 1. The van der Waals surface area contributed by atoms with Crippen LogP contribution >= 0.6 is 23.8 Å². The van der Waals surface area contributed by atoms with E-state index in [4.69, 9.17) is 33.3 Å². The molecule has 0 unspecified atom stereocenters. The second-order valence-electron chi connectivity index (χ2n) is 8.10. The van der Waals surface area contributed by atoms with Crippen molar-refractivity contribution in [2.45, 2.75) is 18.7 Å². The fourth-order valence-corrected chi connectivity index (χ4v) is 5.19. The molecule has 0 aromatic heterocycles. The Labute approximate surface area is 202 Å². The van der Waals surface area contributed by atoms with Gasteiger partial charge < -0.3 is 20.1 Å². The summed E-state index contributed by atoms with van der Waals surface area (Å²) in [6.45, 7) is 1.89. The summed E-state index contributed by atoms with van der Waals surface area (Å²) in [7, 11) is 1.60. The molecule has 1 amide bonds. The van der Waals surface area contributed by atoms with E-state index in [1.807, 2.05) is 60.4 Å². The molecule has 33 heavy (non-hydrogen) atoms. The summed E-state index contributed by atoms with van der Waals surface area (Å²) in [5, 5.41) is 7.47. The van der Waals surface area contributed by atoms with E-state index in [1.54, 1.807) is 31.4 Å². The zero-order chi connectivity index (χ0) is 23.2. The maximum absolute atomic E-state index is 13.8. The molecule has 0 spiro atoms. The van der Waals surface area contributed by atoms with Gasteiger partial charge in [0.05, 0.1) is 18.8 Å². The van der Waals surface area contributed by atoms with Crippen LogP contribution in [0.2, 0.25) is 5.02 Å². The average molecular weight is 480 g/mol. The minimum Gasteiger partial charge on any atom is -0.495 e. The van der Waals surface area contributed by atoms with Gasteiger partial charge in [-0.3, -0.25) is 9.69 Å². The molecule has 1 fully saturated rings. The number of ether oxygens (including phenoxy) is 2. The van der Waals surface area contributed by atoms with Crippen LogP contribution in [0.3, 0.4) is 0 Å². The summed E-state index contributed by atoms with van der Waals surface area (Å²) >= 11 is 11.8. The number of methoxy groups -OCH3 is 1. The van der Waals surface area contributed by atoms with Gasteiger partial charge in [-0.1, -0.05) is 41.9 Å². The number of benzene rings is 3. The van der Waals surface area contributed by atoms with Gasteiger partial charge in [0.1, 0.15) is 17.4 Å². The third-order valence-corrected chi connectivity index (χ3v) is 6.68. The molecule has 5 rings (SSSR count). The fraction of sp³-hybridized carbons (Fsp3) is 0.200. The number of carbonyl (C=O) groups excluding carboxylic acids is 1. The average Bonchev–Trinajstić information content (AvgIpc) is 2.80. The number of nitrogens with zero attached hydrogens (tertiary/aromatic N) is 1. The van der Waals surface area contributed by atoms with Crippen LogP contribution in [0.1, 0.15) is 18.5 Å². The molecule has 2 N–H and O–H groups in total. The molecule has 0 radical (unpaired) electrons. The minimum absolute atomic E-state index is 0.200. The van der Waals surface area contributed by atoms with E-state index < -0.39 is 11.6 Å². The summed E-state index contributed by atoms with van der Waals surface area (Å²) in [6, 6.07) is 21.9. The van der Waals surface area contributed by atoms with Gasteiger partial charge in [-0.15, -0.1) is 0 Å². The van der Waals surface area contributed by atoms with Crippen molar-refractivity contribution in [1.82, 2.24) is 5.32 Å². The molecule has 3 atom stereocenters. The molecule has 3 aromatic rings. The highest BCUT2D eigenvalue weighted by Gasteiger charge is 2.59. The molecule has 1 saturated heterocycles. The van der Waals surface area contributed by atoms with Crippen LogP contribution in [0.5, 0.6) is 11.5 Å². The molecule has 8 heteroatoms. The van der Waals surface area contributed by atoms with Gasteiger partial charge in [-0.05, 0) is 61.6 Å². The Morgan fingerprint density at radius 3 is 2.58 bits per heavy atom. The number of carbonyl (C=O) groups is 1. The monoisotopic (exact) mass is 479 g/mol. The Hall–Kier alpha value is -3.29. The van der Waals surface area contributed by atoms with Crippen molar-refractivity contribution in [3.63, 3.8) is 0 Å². The first kappa shape index (κ1) is 21.6. The molecule has 2 bridgehead atoms. The number of anilines is 2. The fourth-order valence-electron chi connectivity index (χ4n) is 4.66. The van der Waals surface area contributed by atoms with Crippen molar-refractivity contribution < 1.29 is 14.3 Å². The van der Waals surface area contributed by atoms with Crippen LogP contribution in [0.4, 0.5) is 11.4 Å². The minimum atomic E-state index is -1.12. The maximum Gasteiger partial charge on any atom is 0.236 e. The lowest BCUT2D eigenvalue weighted by atomic mass is 9.78. The largest absolute Gasteiger partial charge is 0.495 e. The standard InChI is InChI=1S/C25H22ClN3O3S/c1-25-21(23(30)27-16-13-11-15(26)12-14-16)22(17-7-3-5-9-19(17)32-25)28-24(33)29(25)18-8-4-6-10-20(18)31-2/h3-14,21-22H,1-2H3,(H,27,30)(H,28,33)/t21-,22-,25-/m1/s1. The predicted octanol–water partition coefficient (Wildman–Crippen LogP) is 5.15. The summed E-state index contributed by atoms with van der Waals surface area (Å²) in [5.41, 5.74) is 1.12. The molecule has 3 aromatic carbocycles. The van der Waals surface area contributed by atoms with Crippen LogP contribution in [0, 0.1) is 5.92 Å². The number of halogens is 1. The highest BCUT2D eigenvalue weighted by atomic mass is 35.5. The molecule has 6 nitrogen and oxygen atoms in total. The first-order valence-electron chi connectivity index (χ1n) is 10.5. The molecule has 2 aliphatic heterocycles. The predicted molar refractivity (Wildman–Crippen MR) is 133 cm³/mol.